The van der Waals surface area contributed by atoms with E-state index in [-0.39, 0.29) is 24.8 Å². The lowest BCUT2D eigenvalue weighted by atomic mass is 10.6. The fourth-order valence-corrected chi connectivity index (χ4v) is 0.516. The Morgan fingerprint density at radius 1 is 1.60 bits per heavy atom. The number of nitrogen functional groups attached to an aromatic ring is 1. The molecule has 0 unspecified atom stereocenters. The van der Waals surface area contributed by atoms with Gasteiger partial charge in [0.2, 0.25) is 0 Å². The summed E-state index contributed by atoms with van der Waals surface area (Å²) in [4.78, 5) is 0. The molecule has 1 rings (SSSR count). The summed E-state index contributed by atoms with van der Waals surface area (Å²) < 4.78 is 1.65. The molecule has 0 aliphatic carbocycles. The van der Waals surface area contributed by atoms with Crippen molar-refractivity contribution in [3.63, 3.8) is 0 Å². The van der Waals surface area contributed by atoms with Gasteiger partial charge in [-0.05, 0) is 0 Å². The molecule has 0 atom stereocenters. The molecule has 0 amide bonds. The largest absolute Gasteiger partial charge is 0.309 e. The Hall–Kier alpha value is -0.450. The van der Waals surface area contributed by atoms with Crippen LogP contribution in [0.3, 0.4) is 0 Å². The third-order valence-corrected chi connectivity index (χ3v) is 0.969. The number of hydrazine groups is 1. The highest BCUT2D eigenvalue weighted by molar-refractivity contribution is 5.85. The first-order valence-corrected chi connectivity index (χ1v) is 2.29. The van der Waals surface area contributed by atoms with E-state index >= 15 is 0 Å². The van der Waals surface area contributed by atoms with Crippen LogP contribution in [-0.4, -0.2) is 9.78 Å². The van der Waals surface area contributed by atoms with Gasteiger partial charge in [0, 0.05) is 13.1 Å². The van der Waals surface area contributed by atoms with Crippen molar-refractivity contribution in [1.29, 1.82) is 0 Å². The third-order valence-electron chi connectivity index (χ3n) is 0.969. The zero-order valence-electron chi connectivity index (χ0n) is 5.44. The maximum atomic E-state index is 5.08. The molecule has 0 saturated heterocycles. The first-order chi connectivity index (χ1) is 3.84. The number of nitrogens with zero attached hydrogens (tertiary/aromatic N) is 2. The Labute approximate surface area is 71.6 Å². The van der Waals surface area contributed by atoms with Crippen LogP contribution in [0.2, 0.25) is 0 Å². The summed E-state index contributed by atoms with van der Waals surface area (Å²) in [5.41, 5.74) is 2.48. The number of anilines is 1. The monoisotopic (exact) mass is 184 g/mol. The molecule has 1 aromatic heterocycles. The van der Waals surface area contributed by atoms with E-state index in [4.69, 9.17) is 5.84 Å². The predicted octanol–water partition coefficient (Wildman–Crippen LogP) is 0.549. The van der Waals surface area contributed by atoms with Crippen LogP contribution in [0.25, 0.3) is 0 Å². The van der Waals surface area contributed by atoms with Gasteiger partial charge in [-0.15, -0.1) is 24.8 Å². The van der Waals surface area contributed by atoms with Gasteiger partial charge in [-0.2, -0.15) is 5.10 Å². The lowest BCUT2D eigenvalue weighted by Gasteiger charge is -1.95. The van der Waals surface area contributed by atoms with Crippen molar-refractivity contribution in [2.24, 2.45) is 12.9 Å². The summed E-state index contributed by atoms with van der Waals surface area (Å²) in [7, 11) is 1.81. The molecule has 60 valence electrons. The van der Waals surface area contributed by atoms with Crippen LogP contribution in [0, 0.1) is 0 Å². The number of halogens is 2. The SMILES string of the molecule is Cl.Cl.Cn1nccc1NN. The van der Waals surface area contributed by atoms with Crippen LogP contribution >= 0.6 is 24.8 Å². The topological polar surface area (TPSA) is 55.9 Å². The van der Waals surface area contributed by atoms with Crippen molar-refractivity contribution in [2.75, 3.05) is 5.43 Å². The minimum Gasteiger partial charge on any atom is -0.309 e. The van der Waals surface area contributed by atoms with Crippen LogP contribution in [0.4, 0.5) is 5.82 Å². The van der Waals surface area contributed by atoms with E-state index < -0.39 is 0 Å². The van der Waals surface area contributed by atoms with E-state index in [1.807, 2.05) is 7.05 Å². The second kappa shape index (κ2) is 5.34. The molecule has 0 aromatic carbocycles. The summed E-state index contributed by atoms with van der Waals surface area (Å²) in [6.07, 6.45) is 1.68. The van der Waals surface area contributed by atoms with Crippen LogP contribution in [0.15, 0.2) is 12.3 Å². The van der Waals surface area contributed by atoms with Crippen molar-refractivity contribution >= 4 is 30.6 Å². The van der Waals surface area contributed by atoms with Crippen molar-refractivity contribution < 1.29 is 0 Å². The number of rotatable bonds is 1. The molecule has 1 heterocycles. The van der Waals surface area contributed by atoms with E-state index in [9.17, 15) is 0 Å². The standard InChI is InChI=1S/C4H8N4.2ClH/c1-8-4(7-5)2-3-6-8;;/h2-3,7H,5H2,1H3;2*1H. The Morgan fingerprint density at radius 2 is 2.20 bits per heavy atom. The number of aryl methyl sites for hydroxylation is 1. The Kier molecular flexibility index (Phi) is 6.54. The van der Waals surface area contributed by atoms with Crippen LogP contribution in [0.5, 0.6) is 0 Å². The van der Waals surface area contributed by atoms with Gasteiger partial charge in [0.1, 0.15) is 5.82 Å². The van der Waals surface area contributed by atoms with E-state index in [0.29, 0.717) is 0 Å². The zero-order chi connectivity index (χ0) is 5.98. The molecule has 3 N–H and O–H groups in total. The summed E-state index contributed by atoms with van der Waals surface area (Å²) >= 11 is 0. The fourth-order valence-electron chi connectivity index (χ4n) is 0.516. The average Bonchev–Trinajstić information content (AvgIpc) is 2.14. The number of aromatic nitrogens is 2. The Balaban J connectivity index is 0. The lowest BCUT2D eigenvalue weighted by molar-refractivity contribution is 0.772. The fraction of sp³-hybridized carbons (Fsp3) is 0.250. The van der Waals surface area contributed by atoms with Crippen LogP contribution in [0.1, 0.15) is 0 Å². The van der Waals surface area contributed by atoms with Crippen LogP contribution in [-0.2, 0) is 7.05 Å². The highest BCUT2D eigenvalue weighted by Crippen LogP contribution is 1.98. The summed E-state index contributed by atoms with van der Waals surface area (Å²) in [6.45, 7) is 0. The number of hydrogen-bond donors (Lipinski definition) is 2. The van der Waals surface area contributed by atoms with Crippen LogP contribution < -0.4 is 11.3 Å². The van der Waals surface area contributed by atoms with E-state index in [1.165, 1.54) is 0 Å². The molecule has 0 aliphatic heterocycles. The smallest absolute Gasteiger partial charge is 0.137 e. The molecule has 1 aromatic rings. The van der Waals surface area contributed by atoms with Gasteiger partial charge in [0.25, 0.3) is 0 Å². The third kappa shape index (κ3) is 2.43. The van der Waals surface area contributed by atoms with Gasteiger partial charge in [-0.1, -0.05) is 0 Å². The first kappa shape index (κ1) is 12.2. The zero-order valence-corrected chi connectivity index (χ0v) is 7.08. The molecule has 10 heavy (non-hydrogen) atoms. The molecule has 0 spiro atoms. The summed E-state index contributed by atoms with van der Waals surface area (Å²) in [5.74, 6) is 5.89. The predicted molar refractivity (Wildman–Crippen MR) is 45.5 cm³/mol. The van der Waals surface area contributed by atoms with E-state index in [2.05, 4.69) is 10.5 Å². The number of hydrogen-bond acceptors (Lipinski definition) is 3. The average molecular weight is 185 g/mol. The Bertz CT molecular complexity index is 176. The molecule has 0 saturated carbocycles. The van der Waals surface area contributed by atoms with Gasteiger partial charge in [-0.25, -0.2) is 5.84 Å². The van der Waals surface area contributed by atoms with Crippen molar-refractivity contribution in [3.8, 4) is 0 Å². The summed E-state index contributed by atoms with van der Waals surface area (Å²) in [5, 5.41) is 3.86. The van der Waals surface area contributed by atoms with Gasteiger partial charge >= 0.3 is 0 Å². The molecule has 0 radical (unpaired) electrons. The van der Waals surface area contributed by atoms with E-state index in [0.717, 1.165) is 5.82 Å². The highest BCUT2D eigenvalue weighted by atomic mass is 35.5. The maximum absolute atomic E-state index is 5.08. The molecular formula is C4H10Cl2N4. The molecule has 4 nitrogen and oxygen atoms in total. The molecule has 0 aliphatic rings. The normalized spacial score (nSPS) is 7.40. The molecule has 0 bridgehead atoms. The van der Waals surface area contributed by atoms with Gasteiger partial charge in [-0.3, -0.25) is 4.68 Å². The lowest BCUT2D eigenvalue weighted by Crippen LogP contribution is -2.10. The molecule has 6 heteroatoms. The van der Waals surface area contributed by atoms with Crippen molar-refractivity contribution in [3.05, 3.63) is 12.3 Å². The summed E-state index contributed by atoms with van der Waals surface area (Å²) in [6, 6.07) is 1.79. The van der Waals surface area contributed by atoms with E-state index in [1.54, 1.807) is 16.9 Å². The highest BCUT2D eigenvalue weighted by Gasteiger charge is 1.89. The number of nitrogens with two attached hydrogens (primary N) is 1. The minimum absolute atomic E-state index is 0. The van der Waals surface area contributed by atoms with Gasteiger partial charge in [0.05, 0.1) is 6.20 Å². The number of nitrogens with one attached hydrogen (secondary N) is 1. The van der Waals surface area contributed by atoms with Crippen molar-refractivity contribution in [1.82, 2.24) is 9.78 Å². The van der Waals surface area contributed by atoms with Gasteiger partial charge in [0.15, 0.2) is 0 Å². The second-order valence-corrected chi connectivity index (χ2v) is 1.48. The minimum atomic E-state index is 0. The molecule has 0 fully saturated rings. The Morgan fingerprint density at radius 3 is 2.40 bits per heavy atom. The van der Waals surface area contributed by atoms with Crippen molar-refractivity contribution in [2.45, 2.75) is 0 Å². The molecular weight excluding hydrogens is 175 g/mol. The maximum Gasteiger partial charge on any atom is 0.137 e. The second-order valence-electron chi connectivity index (χ2n) is 1.48. The van der Waals surface area contributed by atoms with Gasteiger partial charge < -0.3 is 5.43 Å². The first-order valence-electron chi connectivity index (χ1n) is 2.29. The quantitative estimate of drug-likeness (QED) is 0.496.